The molecule has 1 atom stereocenters. The van der Waals surface area contributed by atoms with E-state index in [0.717, 1.165) is 23.1 Å². The predicted octanol–water partition coefficient (Wildman–Crippen LogP) is 3.31. The van der Waals surface area contributed by atoms with E-state index in [0.29, 0.717) is 11.8 Å². The van der Waals surface area contributed by atoms with Crippen LogP contribution in [0.3, 0.4) is 0 Å². The number of hydrogen-bond acceptors (Lipinski definition) is 4. The van der Waals surface area contributed by atoms with Gasteiger partial charge in [-0.3, -0.25) is 0 Å². The van der Waals surface area contributed by atoms with E-state index in [4.69, 9.17) is 0 Å². The van der Waals surface area contributed by atoms with E-state index in [-0.39, 0.29) is 0 Å². The fourth-order valence-corrected chi connectivity index (χ4v) is 2.60. The zero-order chi connectivity index (χ0) is 13.0. The van der Waals surface area contributed by atoms with Crippen molar-refractivity contribution in [2.75, 3.05) is 18.0 Å². The average molecular weight is 256 g/mol. The summed E-state index contributed by atoms with van der Waals surface area (Å²) in [5.74, 6) is 1.24. The third kappa shape index (κ3) is 4.64. The monoisotopic (exact) mass is 256 g/mol. The Kier molecular flexibility index (Phi) is 5.40. The lowest BCUT2D eigenvalue weighted by Gasteiger charge is -2.25. The van der Waals surface area contributed by atoms with Crippen molar-refractivity contribution < 1.29 is 5.11 Å². The fraction of sp³-hybridized carbons (Fsp3) is 0.769. The van der Waals surface area contributed by atoms with Crippen LogP contribution in [0.4, 0.5) is 5.13 Å². The van der Waals surface area contributed by atoms with E-state index in [1.807, 2.05) is 0 Å². The molecule has 0 radical (unpaired) electrons. The van der Waals surface area contributed by atoms with Crippen molar-refractivity contribution >= 4 is 16.5 Å². The minimum atomic E-state index is -0.416. The smallest absolute Gasteiger partial charge is 0.185 e. The maximum Gasteiger partial charge on any atom is 0.185 e. The molecule has 0 aliphatic carbocycles. The molecular formula is C13H24N2OS. The van der Waals surface area contributed by atoms with Gasteiger partial charge in [-0.1, -0.05) is 39.0 Å². The van der Waals surface area contributed by atoms with Crippen LogP contribution in [0.15, 0.2) is 6.20 Å². The Hall–Kier alpha value is -0.610. The van der Waals surface area contributed by atoms with Crippen molar-refractivity contribution in [3.8, 4) is 0 Å². The second kappa shape index (κ2) is 6.36. The van der Waals surface area contributed by atoms with Gasteiger partial charge in [0, 0.05) is 19.3 Å². The van der Waals surface area contributed by atoms with Crippen molar-refractivity contribution in [1.82, 2.24) is 4.98 Å². The maximum atomic E-state index is 9.53. The van der Waals surface area contributed by atoms with Crippen LogP contribution in [0, 0.1) is 11.8 Å². The molecule has 1 N–H and O–H groups in total. The molecule has 1 aromatic rings. The Balaban J connectivity index is 2.80. The summed E-state index contributed by atoms with van der Waals surface area (Å²) >= 11 is 1.60. The van der Waals surface area contributed by atoms with Crippen LogP contribution in [0.2, 0.25) is 0 Å². The lowest BCUT2D eigenvalue weighted by atomic mass is 10.1. The number of anilines is 1. The molecule has 0 aliphatic rings. The summed E-state index contributed by atoms with van der Waals surface area (Å²) in [5.41, 5.74) is 0. The summed E-state index contributed by atoms with van der Waals surface area (Å²) in [5, 5.41) is 10.6. The van der Waals surface area contributed by atoms with Gasteiger partial charge in [-0.15, -0.1) is 0 Å². The molecule has 0 spiro atoms. The van der Waals surface area contributed by atoms with Crippen LogP contribution in [-0.4, -0.2) is 23.2 Å². The molecule has 1 aromatic heterocycles. The van der Waals surface area contributed by atoms with Crippen LogP contribution in [0.1, 0.15) is 45.6 Å². The number of hydrogen-bond donors (Lipinski definition) is 1. The van der Waals surface area contributed by atoms with Gasteiger partial charge in [-0.25, -0.2) is 4.98 Å². The van der Waals surface area contributed by atoms with Gasteiger partial charge in [0.1, 0.15) is 0 Å². The Morgan fingerprint density at radius 1 is 1.18 bits per heavy atom. The first-order chi connectivity index (χ1) is 7.90. The van der Waals surface area contributed by atoms with Crippen molar-refractivity contribution in [3.05, 3.63) is 11.1 Å². The van der Waals surface area contributed by atoms with E-state index in [1.54, 1.807) is 24.5 Å². The van der Waals surface area contributed by atoms with Gasteiger partial charge in [0.05, 0.1) is 11.0 Å². The van der Waals surface area contributed by atoms with Crippen LogP contribution < -0.4 is 4.90 Å². The summed E-state index contributed by atoms with van der Waals surface area (Å²) in [7, 11) is 0. The van der Waals surface area contributed by atoms with Gasteiger partial charge in [0.15, 0.2) is 5.13 Å². The van der Waals surface area contributed by atoms with Gasteiger partial charge in [-0.2, -0.15) is 0 Å². The van der Waals surface area contributed by atoms with Crippen molar-refractivity contribution in [2.45, 2.75) is 40.7 Å². The lowest BCUT2D eigenvalue weighted by Crippen LogP contribution is -2.31. The minimum Gasteiger partial charge on any atom is -0.388 e. The lowest BCUT2D eigenvalue weighted by molar-refractivity contribution is 0.203. The van der Waals surface area contributed by atoms with Crippen LogP contribution in [0.25, 0.3) is 0 Å². The highest BCUT2D eigenvalue weighted by molar-refractivity contribution is 7.15. The van der Waals surface area contributed by atoms with Crippen molar-refractivity contribution in [3.63, 3.8) is 0 Å². The molecule has 1 rings (SSSR count). The Morgan fingerprint density at radius 3 is 2.06 bits per heavy atom. The van der Waals surface area contributed by atoms with Gasteiger partial charge < -0.3 is 10.0 Å². The van der Waals surface area contributed by atoms with E-state index >= 15 is 0 Å². The molecule has 0 aromatic carbocycles. The normalized spacial score (nSPS) is 13.4. The molecule has 0 aliphatic heterocycles. The zero-order valence-electron chi connectivity index (χ0n) is 11.5. The predicted molar refractivity (Wildman–Crippen MR) is 74.6 cm³/mol. The molecule has 0 bridgehead atoms. The van der Waals surface area contributed by atoms with E-state index < -0.39 is 6.10 Å². The second-order valence-corrected chi connectivity index (χ2v) is 6.45. The van der Waals surface area contributed by atoms with Gasteiger partial charge >= 0.3 is 0 Å². The largest absolute Gasteiger partial charge is 0.388 e. The number of aromatic nitrogens is 1. The van der Waals surface area contributed by atoms with Gasteiger partial charge in [-0.05, 0) is 18.8 Å². The summed E-state index contributed by atoms with van der Waals surface area (Å²) in [4.78, 5) is 7.70. The highest BCUT2D eigenvalue weighted by Crippen LogP contribution is 2.28. The first-order valence-corrected chi connectivity index (χ1v) is 7.10. The van der Waals surface area contributed by atoms with Gasteiger partial charge in [0.25, 0.3) is 0 Å². The topological polar surface area (TPSA) is 36.4 Å². The number of aliphatic hydroxyl groups excluding tert-OH is 1. The van der Waals surface area contributed by atoms with E-state index in [9.17, 15) is 5.11 Å². The number of nitrogens with zero attached hydrogens (tertiary/aromatic N) is 2. The zero-order valence-corrected chi connectivity index (χ0v) is 12.3. The average Bonchev–Trinajstić information content (AvgIpc) is 2.63. The third-order valence-corrected chi connectivity index (χ3v) is 3.59. The van der Waals surface area contributed by atoms with Gasteiger partial charge in [0.2, 0.25) is 0 Å². The van der Waals surface area contributed by atoms with Crippen LogP contribution in [-0.2, 0) is 0 Å². The first-order valence-electron chi connectivity index (χ1n) is 6.28. The molecule has 0 amide bonds. The second-order valence-electron chi connectivity index (χ2n) is 5.41. The number of aliphatic hydroxyl groups is 1. The number of rotatable bonds is 6. The summed E-state index contributed by atoms with van der Waals surface area (Å²) in [6, 6.07) is 0. The van der Waals surface area contributed by atoms with E-state index in [1.165, 1.54) is 0 Å². The molecule has 3 nitrogen and oxygen atoms in total. The molecule has 0 saturated heterocycles. The van der Waals surface area contributed by atoms with Crippen molar-refractivity contribution in [1.29, 1.82) is 0 Å². The minimum absolute atomic E-state index is 0.416. The Morgan fingerprint density at radius 2 is 1.71 bits per heavy atom. The summed E-state index contributed by atoms with van der Waals surface area (Å²) in [6.45, 7) is 12.7. The van der Waals surface area contributed by atoms with Crippen LogP contribution in [0.5, 0.6) is 0 Å². The molecule has 0 saturated carbocycles. The standard InChI is InChI=1S/C13H24N2OS/c1-9(2)7-15(8-10(3)4)13-14-6-12(17-13)11(5)16/h6,9-11,16H,7-8H2,1-5H3. The maximum absolute atomic E-state index is 9.53. The first kappa shape index (κ1) is 14.5. The molecule has 1 heterocycles. The molecule has 4 heteroatoms. The third-order valence-electron chi connectivity index (χ3n) is 2.36. The van der Waals surface area contributed by atoms with Crippen LogP contribution >= 0.6 is 11.3 Å². The highest BCUT2D eigenvalue weighted by Gasteiger charge is 2.15. The quantitative estimate of drug-likeness (QED) is 0.848. The summed E-state index contributed by atoms with van der Waals surface area (Å²) < 4.78 is 0. The Bertz CT molecular complexity index is 324. The van der Waals surface area contributed by atoms with E-state index in [2.05, 4.69) is 37.6 Å². The molecular weight excluding hydrogens is 232 g/mol. The highest BCUT2D eigenvalue weighted by atomic mass is 32.1. The molecule has 98 valence electrons. The fourth-order valence-electron chi connectivity index (χ4n) is 1.73. The molecule has 0 fully saturated rings. The molecule has 1 unspecified atom stereocenters. The van der Waals surface area contributed by atoms with Crippen molar-refractivity contribution in [2.24, 2.45) is 11.8 Å². The number of thiazole rings is 1. The SMILES string of the molecule is CC(C)CN(CC(C)C)c1ncc(C(C)O)s1. The Labute approximate surface area is 108 Å². The molecule has 17 heavy (non-hydrogen) atoms. The summed E-state index contributed by atoms with van der Waals surface area (Å²) in [6.07, 6.45) is 1.37.